The van der Waals surface area contributed by atoms with E-state index in [0.717, 1.165) is 12.1 Å². The molecular formula is C15H24N2O3. The minimum absolute atomic E-state index is 0.0993. The van der Waals surface area contributed by atoms with Gasteiger partial charge >= 0.3 is 6.09 Å². The highest BCUT2D eigenvalue weighted by molar-refractivity contribution is 5.64. The second-order valence-corrected chi connectivity index (χ2v) is 5.30. The quantitative estimate of drug-likeness (QED) is 0.670. The summed E-state index contributed by atoms with van der Waals surface area (Å²) >= 11 is 0. The summed E-state index contributed by atoms with van der Waals surface area (Å²) < 4.78 is 4.68. The van der Waals surface area contributed by atoms with Crippen LogP contribution in [0.4, 0.5) is 4.79 Å². The number of amides is 1. The van der Waals surface area contributed by atoms with E-state index in [1.165, 1.54) is 0 Å². The van der Waals surface area contributed by atoms with E-state index in [-0.39, 0.29) is 12.6 Å². The van der Waals surface area contributed by atoms with E-state index < -0.39 is 12.2 Å². The fourth-order valence-corrected chi connectivity index (χ4v) is 1.88. The van der Waals surface area contributed by atoms with Crippen molar-refractivity contribution in [2.75, 3.05) is 13.2 Å². The van der Waals surface area contributed by atoms with E-state index in [9.17, 15) is 9.90 Å². The molecule has 0 bridgehead atoms. The molecule has 2 unspecified atom stereocenters. The van der Waals surface area contributed by atoms with Crippen LogP contribution in [-0.4, -0.2) is 36.5 Å². The topological polar surface area (TPSA) is 84.6 Å². The highest BCUT2D eigenvalue weighted by Gasteiger charge is 2.20. The lowest BCUT2D eigenvalue weighted by Gasteiger charge is -2.25. The maximum Gasteiger partial charge on any atom is 0.404 e. The summed E-state index contributed by atoms with van der Waals surface area (Å²) in [5, 5.41) is 13.4. The molecule has 1 aromatic rings. The van der Waals surface area contributed by atoms with E-state index in [0.29, 0.717) is 12.3 Å². The predicted molar refractivity (Wildman–Crippen MR) is 78.3 cm³/mol. The Kier molecular flexibility index (Phi) is 7.04. The summed E-state index contributed by atoms with van der Waals surface area (Å²) in [5.41, 5.74) is 6.04. The van der Waals surface area contributed by atoms with Gasteiger partial charge in [-0.25, -0.2) is 4.79 Å². The highest BCUT2D eigenvalue weighted by Crippen LogP contribution is 2.07. The number of aliphatic hydroxyl groups is 1. The van der Waals surface area contributed by atoms with Crippen LogP contribution in [0.25, 0.3) is 0 Å². The molecule has 0 fully saturated rings. The third-order valence-electron chi connectivity index (χ3n) is 2.95. The number of hydrogen-bond donors (Lipinski definition) is 3. The lowest BCUT2D eigenvalue weighted by atomic mass is 10.0. The fraction of sp³-hybridized carbons (Fsp3) is 0.533. The molecule has 5 nitrogen and oxygen atoms in total. The first kappa shape index (κ1) is 16.5. The van der Waals surface area contributed by atoms with Gasteiger partial charge in [0, 0.05) is 6.04 Å². The number of nitrogens with one attached hydrogen (secondary N) is 1. The van der Waals surface area contributed by atoms with Crippen LogP contribution >= 0.6 is 0 Å². The van der Waals surface area contributed by atoms with Crippen molar-refractivity contribution in [2.24, 2.45) is 11.7 Å². The maximum atomic E-state index is 10.6. The summed E-state index contributed by atoms with van der Waals surface area (Å²) in [6.45, 7) is 4.88. The van der Waals surface area contributed by atoms with Gasteiger partial charge in [0.15, 0.2) is 0 Å². The Bertz CT molecular complexity index is 395. The van der Waals surface area contributed by atoms with Gasteiger partial charge in [-0.2, -0.15) is 0 Å². The van der Waals surface area contributed by atoms with Crippen LogP contribution in [-0.2, 0) is 11.2 Å². The van der Waals surface area contributed by atoms with Crippen LogP contribution < -0.4 is 11.1 Å². The van der Waals surface area contributed by atoms with Gasteiger partial charge in [0.25, 0.3) is 0 Å². The molecule has 20 heavy (non-hydrogen) atoms. The molecule has 4 N–H and O–H groups in total. The van der Waals surface area contributed by atoms with Gasteiger partial charge in [0.1, 0.15) is 12.7 Å². The van der Waals surface area contributed by atoms with E-state index in [4.69, 9.17) is 5.73 Å². The summed E-state index contributed by atoms with van der Waals surface area (Å²) in [4.78, 5) is 10.6. The smallest absolute Gasteiger partial charge is 0.404 e. The number of hydrogen-bond acceptors (Lipinski definition) is 4. The van der Waals surface area contributed by atoms with Crippen molar-refractivity contribution in [3.63, 3.8) is 0 Å². The number of carbonyl (C=O) groups excluding carboxylic acids is 1. The molecule has 5 heteroatoms. The first-order valence-electron chi connectivity index (χ1n) is 6.86. The van der Waals surface area contributed by atoms with Gasteiger partial charge in [-0.15, -0.1) is 0 Å². The molecule has 1 rings (SSSR count). The van der Waals surface area contributed by atoms with Crippen LogP contribution in [0.2, 0.25) is 0 Å². The van der Waals surface area contributed by atoms with Crippen molar-refractivity contribution in [3.8, 4) is 0 Å². The van der Waals surface area contributed by atoms with E-state index in [1.54, 1.807) is 0 Å². The third kappa shape index (κ3) is 6.54. The maximum absolute atomic E-state index is 10.6. The number of carbonyl (C=O) groups is 1. The third-order valence-corrected chi connectivity index (χ3v) is 2.95. The van der Waals surface area contributed by atoms with Crippen molar-refractivity contribution in [1.82, 2.24) is 5.32 Å². The average molecular weight is 280 g/mol. The fourth-order valence-electron chi connectivity index (χ4n) is 1.88. The second kappa shape index (κ2) is 8.55. The van der Waals surface area contributed by atoms with Crippen molar-refractivity contribution in [1.29, 1.82) is 0 Å². The number of rotatable bonds is 8. The normalized spacial score (nSPS) is 14.0. The standard InChI is InChI=1S/C15H24N2O3/c1-11(2)9-17-13(14(18)10-20-15(16)19)8-12-6-4-3-5-7-12/h3-7,11,13-14,17-18H,8-10H2,1-2H3,(H2,16,19). The van der Waals surface area contributed by atoms with Gasteiger partial charge < -0.3 is 20.9 Å². The Labute approximate surface area is 120 Å². The molecule has 0 saturated carbocycles. The lowest BCUT2D eigenvalue weighted by Crippen LogP contribution is -2.45. The van der Waals surface area contributed by atoms with Gasteiger partial charge in [-0.05, 0) is 24.4 Å². The van der Waals surface area contributed by atoms with E-state index in [2.05, 4.69) is 23.9 Å². The first-order chi connectivity index (χ1) is 9.49. The molecule has 1 aromatic carbocycles. The Morgan fingerprint density at radius 2 is 2.00 bits per heavy atom. The summed E-state index contributed by atoms with van der Waals surface area (Å²) in [6, 6.07) is 9.70. The Morgan fingerprint density at radius 3 is 2.55 bits per heavy atom. The molecule has 0 aliphatic rings. The SMILES string of the molecule is CC(C)CNC(Cc1ccccc1)C(O)COC(N)=O. The molecule has 0 aliphatic heterocycles. The minimum Gasteiger partial charge on any atom is -0.447 e. The lowest BCUT2D eigenvalue weighted by molar-refractivity contribution is 0.0479. The molecular weight excluding hydrogens is 256 g/mol. The van der Waals surface area contributed by atoms with Gasteiger partial charge in [-0.1, -0.05) is 44.2 Å². The van der Waals surface area contributed by atoms with Gasteiger partial charge in [0.2, 0.25) is 0 Å². The number of ether oxygens (including phenoxy) is 1. The monoisotopic (exact) mass is 280 g/mol. The number of nitrogens with two attached hydrogens (primary N) is 1. The minimum atomic E-state index is -0.869. The zero-order valence-electron chi connectivity index (χ0n) is 12.1. The van der Waals surface area contributed by atoms with Crippen molar-refractivity contribution < 1.29 is 14.6 Å². The molecule has 0 heterocycles. The Hall–Kier alpha value is -1.59. The molecule has 0 spiro atoms. The number of primary amides is 1. The molecule has 2 atom stereocenters. The van der Waals surface area contributed by atoms with Crippen molar-refractivity contribution in [2.45, 2.75) is 32.4 Å². The molecule has 1 amide bonds. The Morgan fingerprint density at radius 1 is 1.35 bits per heavy atom. The highest BCUT2D eigenvalue weighted by atomic mass is 16.6. The van der Waals surface area contributed by atoms with Crippen LogP contribution in [0, 0.1) is 5.92 Å². The van der Waals surface area contributed by atoms with Crippen molar-refractivity contribution in [3.05, 3.63) is 35.9 Å². The number of aliphatic hydroxyl groups excluding tert-OH is 1. The Balaban J connectivity index is 2.61. The van der Waals surface area contributed by atoms with Gasteiger partial charge in [0.05, 0.1) is 0 Å². The summed E-state index contributed by atoms with van der Waals surface area (Å²) in [6.07, 6.45) is -0.996. The number of benzene rings is 1. The summed E-state index contributed by atoms with van der Waals surface area (Å²) in [7, 11) is 0. The molecule has 0 radical (unpaired) electrons. The zero-order chi connectivity index (χ0) is 15.0. The molecule has 0 aromatic heterocycles. The van der Waals surface area contributed by atoms with Crippen LogP contribution in [0.5, 0.6) is 0 Å². The second-order valence-electron chi connectivity index (χ2n) is 5.30. The molecule has 0 aliphatic carbocycles. The van der Waals surface area contributed by atoms with Crippen LogP contribution in [0.3, 0.4) is 0 Å². The van der Waals surface area contributed by atoms with Crippen molar-refractivity contribution >= 4 is 6.09 Å². The van der Waals surface area contributed by atoms with E-state index in [1.807, 2.05) is 30.3 Å². The molecule has 112 valence electrons. The largest absolute Gasteiger partial charge is 0.447 e. The van der Waals surface area contributed by atoms with Crippen LogP contribution in [0.1, 0.15) is 19.4 Å². The average Bonchev–Trinajstić information content (AvgIpc) is 2.41. The van der Waals surface area contributed by atoms with Gasteiger partial charge in [-0.3, -0.25) is 0 Å². The predicted octanol–water partition coefficient (Wildman–Crippen LogP) is 1.30. The first-order valence-corrected chi connectivity index (χ1v) is 6.86. The van der Waals surface area contributed by atoms with E-state index >= 15 is 0 Å². The molecule has 0 saturated heterocycles. The summed E-state index contributed by atoms with van der Waals surface area (Å²) in [5.74, 6) is 0.470. The van der Waals surface area contributed by atoms with Crippen LogP contribution in [0.15, 0.2) is 30.3 Å². The zero-order valence-corrected chi connectivity index (χ0v) is 12.1.